The predicted molar refractivity (Wildman–Crippen MR) is 175 cm³/mol. The molecule has 3 heterocycles. The van der Waals surface area contributed by atoms with Crippen LogP contribution >= 0.6 is 0 Å². The van der Waals surface area contributed by atoms with E-state index >= 15 is 0 Å². The molecule has 0 saturated heterocycles. The number of pyridine rings is 1. The van der Waals surface area contributed by atoms with E-state index in [0.29, 0.717) is 11.5 Å². The molecular formula is C39H29N3O. The van der Waals surface area contributed by atoms with Crippen molar-refractivity contribution in [2.45, 2.75) is 19.3 Å². The summed E-state index contributed by atoms with van der Waals surface area (Å²) in [6.07, 6.45) is 9.74. The molecule has 0 amide bonds. The van der Waals surface area contributed by atoms with Gasteiger partial charge < -0.3 is 4.84 Å². The predicted octanol–water partition coefficient (Wildman–Crippen LogP) is 9.31. The van der Waals surface area contributed by atoms with Crippen molar-refractivity contribution >= 4 is 17.1 Å². The van der Waals surface area contributed by atoms with Crippen molar-refractivity contribution in [2.24, 2.45) is 4.99 Å². The fourth-order valence-corrected chi connectivity index (χ4v) is 6.39. The average Bonchev–Trinajstić information content (AvgIpc) is 3.17. The molecule has 4 heteroatoms. The molecule has 0 unspecified atom stereocenters. The van der Waals surface area contributed by atoms with Crippen molar-refractivity contribution in [3.8, 4) is 39.1 Å². The first-order valence-electron chi connectivity index (χ1n) is 14.5. The first kappa shape index (κ1) is 25.2. The topological polar surface area (TPSA) is 37.7 Å². The van der Waals surface area contributed by atoms with Gasteiger partial charge in [0.05, 0.1) is 11.9 Å². The lowest BCUT2D eigenvalue weighted by molar-refractivity contribution is 0.0742. The van der Waals surface area contributed by atoms with Crippen LogP contribution in [-0.2, 0) is 5.41 Å². The van der Waals surface area contributed by atoms with Gasteiger partial charge in [0.2, 0.25) is 0 Å². The van der Waals surface area contributed by atoms with E-state index in [4.69, 9.17) is 4.84 Å². The van der Waals surface area contributed by atoms with Crippen LogP contribution in [0.3, 0.4) is 0 Å². The molecule has 206 valence electrons. The van der Waals surface area contributed by atoms with E-state index in [0.717, 1.165) is 22.4 Å². The Morgan fingerprint density at radius 3 is 1.95 bits per heavy atom. The van der Waals surface area contributed by atoms with Gasteiger partial charge in [0.1, 0.15) is 0 Å². The van der Waals surface area contributed by atoms with Crippen LogP contribution in [-0.4, -0.2) is 15.9 Å². The normalized spacial score (nSPS) is 15.8. The Balaban J connectivity index is 1.08. The summed E-state index contributed by atoms with van der Waals surface area (Å²) in [6, 6.07) is 34.5. The highest BCUT2D eigenvalue weighted by atomic mass is 16.7. The molecule has 5 aromatic rings. The molecule has 0 saturated carbocycles. The maximum Gasteiger partial charge on any atom is 0.169 e. The number of amidine groups is 1. The average molecular weight is 556 g/mol. The summed E-state index contributed by atoms with van der Waals surface area (Å²) in [5.41, 5.74) is 13.8. The van der Waals surface area contributed by atoms with Crippen LogP contribution in [0.5, 0.6) is 5.75 Å². The van der Waals surface area contributed by atoms with Gasteiger partial charge >= 0.3 is 0 Å². The van der Waals surface area contributed by atoms with E-state index in [9.17, 15) is 0 Å². The second kappa shape index (κ2) is 9.53. The third-order valence-corrected chi connectivity index (χ3v) is 8.78. The summed E-state index contributed by atoms with van der Waals surface area (Å²) in [5.74, 6) is 1.44. The second-order valence-corrected chi connectivity index (χ2v) is 11.7. The number of hydrogen-bond donors (Lipinski definition) is 0. The van der Waals surface area contributed by atoms with Crippen molar-refractivity contribution in [2.75, 3.05) is 0 Å². The molecule has 0 atom stereocenters. The fourth-order valence-electron chi connectivity index (χ4n) is 6.39. The molecule has 43 heavy (non-hydrogen) atoms. The van der Waals surface area contributed by atoms with Crippen LogP contribution < -0.4 is 4.84 Å². The number of aromatic nitrogens is 1. The molecule has 3 aliphatic rings. The summed E-state index contributed by atoms with van der Waals surface area (Å²) >= 11 is 0. The first-order chi connectivity index (χ1) is 21.0. The van der Waals surface area contributed by atoms with Crippen LogP contribution in [0.15, 0.2) is 139 Å². The molecule has 0 N–H and O–H groups in total. The van der Waals surface area contributed by atoms with Crippen LogP contribution in [0.25, 0.3) is 44.7 Å². The largest absolute Gasteiger partial charge is 0.373 e. The molecule has 0 radical (unpaired) electrons. The highest BCUT2D eigenvalue weighted by Gasteiger charge is 2.36. The quantitative estimate of drug-likeness (QED) is 0.223. The summed E-state index contributed by atoms with van der Waals surface area (Å²) in [5, 5.41) is 1.72. The van der Waals surface area contributed by atoms with Crippen LogP contribution in [0, 0.1) is 0 Å². The number of allylic oxidation sites excluding steroid dienone is 2. The Kier molecular flexibility index (Phi) is 5.60. The third-order valence-electron chi connectivity index (χ3n) is 8.78. The van der Waals surface area contributed by atoms with Gasteiger partial charge in [-0.2, -0.15) is 5.06 Å². The fraction of sp³-hybridized carbons (Fsp3) is 0.0769. The minimum Gasteiger partial charge on any atom is -0.373 e. The SMILES string of the molecule is C=C1N=C2C=CC(c3ccc(-c4ccc5c(c4)C(C)(C)c4cc(-c6ccncc6)ccc4-5)cc3)=CN2Oc2ccccc21. The van der Waals surface area contributed by atoms with Crippen LogP contribution in [0.2, 0.25) is 0 Å². The Hall–Kier alpha value is -5.48. The van der Waals surface area contributed by atoms with Crippen LogP contribution in [0.1, 0.15) is 36.1 Å². The molecule has 4 aromatic carbocycles. The zero-order chi connectivity index (χ0) is 29.1. The monoisotopic (exact) mass is 555 g/mol. The van der Waals surface area contributed by atoms with Gasteiger partial charge in [0.25, 0.3) is 0 Å². The van der Waals surface area contributed by atoms with Crippen molar-refractivity contribution in [1.82, 2.24) is 10.0 Å². The van der Waals surface area contributed by atoms with E-state index in [1.807, 2.05) is 48.9 Å². The van der Waals surface area contributed by atoms with Crippen LogP contribution in [0.4, 0.5) is 0 Å². The summed E-state index contributed by atoms with van der Waals surface area (Å²) in [7, 11) is 0. The summed E-state index contributed by atoms with van der Waals surface area (Å²) in [4.78, 5) is 15.1. The maximum absolute atomic E-state index is 6.21. The molecule has 0 fully saturated rings. The number of fused-ring (bicyclic) bond motifs is 5. The summed E-state index contributed by atoms with van der Waals surface area (Å²) < 4.78 is 0. The zero-order valence-electron chi connectivity index (χ0n) is 24.1. The number of para-hydroxylation sites is 1. The van der Waals surface area contributed by atoms with Gasteiger partial charge in [-0.15, -0.1) is 0 Å². The third kappa shape index (κ3) is 4.14. The molecule has 0 spiro atoms. The number of nitrogens with zero attached hydrogens (tertiary/aromatic N) is 3. The van der Waals surface area contributed by atoms with E-state index in [1.165, 1.54) is 44.5 Å². The lowest BCUT2D eigenvalue weighted by Gasteiger charge is -2.23. The second-order valence-electron chi connectivity index (χ2n) is 11.7. The first-order valence-corrected chi connectivity index (χ1v) is 14.5. The maximum atomic E-state index is 6.21. The Bertz CT molecular complexity index is 2030. The lowest BCUT2D eigenvalue weighted by Crippen LogP contribution is -2.29. The number of hydroxylamine groups is 2. The molecule has 4 nitrogen and oxygen atoms in total. The Morgan fingerprint density at radius 2 is 1.26 bits per heavy atom. The Labute approximate surface area is 251 Å². The van der Waals surface area contributed by atoms with E-state index < -0.39 is 0 Å². The minimum atomic E-state index is -0.0995. The number of aliphatic imine (C=N–C) groups is 1. The van der Waals surface area contributed by atoms with E-state index in [-0.39, 0.29) is 5.41 Å². The zero-order valence-corrected chi connectivity index (χ0v) is 24.1. The number of rotatable bonds is 3. The van der Waals surface area contributed by atoms with E-state index in [1.54, 1.807) is 5.06 Å². The van der Waals surface area contributed by atoms with Crippen molar-refractivity contribution in [3.63, 3.8) is 0 Å². The summed E-state index contributed by atoms with van der Waals surface area (Å²) in [6.45, 7) is 8.79. The van der Waals surface area contributed by atoms with Gasteiger partial charge in [-0.3, -0.25) is 4.98 Å². The molecule has 1 aliphatic carbocycles. The van der Waals surface area contributed by atoms with Crippen molar-refractivity contribution in [3.05, 3.63) is 157 Å². The van der Waals surface area contributed by atoms with Crippen molar-refractivity contribution in [1.29, 1.82) is 0 Å². The Morgan fingerprint density at radius 1 is 0.651 bits per heavy atom. The van der Waals surface area contributed by atoms with Gasteiger partial charge in [0, 0.05) is 28.9 Å². The highest BCUT2D eigenvalue weighted by Crippen LogP contribution is 2.50. The van der Waals surface area contributed by atoms with Gasteiger partial charge in [0.15, 0.2) is 11.6 Å². The van der Waals surface area contributed by atoms with Crippen molar-refractivity contribution < 1.29 is 4.84 Å². The molecular weight excluding hydrogens is 526 g/mol. The number of benzene rings is 4. The standard InChI is InChI=1S/C39H29N3O/c1-25-32-6-4-5-7-37(32)43-42-24-31(14-17-38(42)41-25)27-10-8-26(9-11-27)29-12-15-33-34-16-13-30(28-18-20-40-21-19-28)23-36(34)39(2,3)35(33)22-29/h4-24H,1H2,2-3H3. The lowest BCUT2D eigenvalue weighted by atomic mass is 9.81. The smallest absolute Gasteiger partial charge is 0.169 e. The highest BCUT2D eigenvalue weighted by molar-refractivity contribution is 6.02. The van der Waals surface area contributed by atoms with Gasteiger partial charge in [-0.05, 0) is 98.6 Å². The molecule has 0 bridgehead atoms. The number of hydrogen-bond acceptors (Lipinski definition) is 4. The minimum absolute atomic E-state index is 0.0995. The van der Waals surface area contributed by atoms with E-state index in [2.05, 4.69) is 109 Å². The molecule has 1 aromatic heterocycles. The van der Waals surface area contributed by atoms with Gasteiger partial charge in [-0.1, -0.05) is 81.1 Å². The molecule has 2 aliphatic heterocycles. The van der Waals surface area contributed by atoms with Gasteiger partial charge in [-0.25, -0.2) is 4.99 Å². The molecule has 8 rings (SSSR count).